The van der Waals surface area contributed by atoms with Gasteiger partial charge >= 0.3 is 0 Å². The van der Waals surface area contributed by atoms with E-state index in [9.17, 15) is 0 Å². The molecule has 0 saturated heterocycles. The Morgan fingerprint density at radius 3 is 3.08 bits per heavy atom. The van der Waals surface area contributed by atoms with E-state index in [-0.39, 0.29) is 0 Å². The number of hydrogen-bond donors (Lipinski definition) is 0. The van der Waals surface area contributed by atoms with Gasteiger partial charge in [-0.3, -0.25) is 4.98 Å². The Kier molecular flexibility index (Phi) is 1.61. The van der Waals surface area contributed by atoms with Crippen molar-refractivity contribution in [1.82, 2.24) is 4.98 Å². The lowest BCUT2D eigenvalue weighted by Crippen LogP contribution is -2.30. The molecule has 0 spiro atoms. The highest BCUT2D eigenvalue weighted by Gasteiger charge is 2.10. The Balaban J connectivity index is 2.70. The van der Waals surface area contributed by atoms with Crippen molar-refractivity contribution in [1.29, 1.82) is 0 Å². The normalized spacial score (nSPS) is 15.0. The highest BCUT2D eigenvalue weighted by atomic mass is 16.5. The fourth-order valence-corrected chi connectivity index (χ4v) is 1.41. The number of ether oxygens (including phenoxy) is 1. The van der Waals surface area contributed by atoms with Crippen LogP contribution in [0.1, 0.15) is 12.0 Å². The van der Waals surface area contributed by atoms with Gasteiger partial charge in [-0.25, -0.2) is 0 Å². The van der Waals surface area contributed by atoms with Crippen molar-refractivity contribution in [2.24, 2.45) is 0 Å². The summed E-state index contributed by atoms with van der Waals surface area (Å²) in [5, 5.41) is 1.56. The predicted molar refractivity (Wildman–Crippen MR) is 48.3 cm³/mol. The molecule has 0 unspecified atom stereocenters. The Bertz CT molecular complexity index is 397. The van der Waals surface area contributed by atoms with E-state index >= 15 is 0 Å². The van der Waals surface area contributed by atoms with Crippen LogP contribution in [0, 0.1) is 0 Å². The van der Waals surface area contributed by atoms with E-state index in [2.05, 4.69) is 18.1 Å². The predicted octanol–water partition coefficient (Wildman–Crippen LogP) is 0.227. The number of hydrogen-bond acceptors (Lipinski definition) is 2. The number of aryl methyl sites for hydroxylation is 1. The second kappa shape index (κ2) is 2.63. The largest absolute Gasteiger partial charge is 0.493 e. The molecule has 1 aromatic rings. The molecule has 2 rings (SSSR count). The van der Waals surface area contributed by atoms with Gasteiger partial charge < -0.3 is 4.74 Å². The van der Waals surface area contributed by atoms with Crippen molar-refractivity contribution >= 4 is 13.2 Å². The molecule has 0 aliphatic carbocycles. The Morgan fingerprint density at radius 2 is 2.25 bits per heavy atom. The highest BCUT2D eigenvalue weighted by Crippen LogP contribution is 2.17. The molecular formula is C10H11NO. The Labute approximate surface area is 71.2 Å². The first kappa shape index (κ1) is 7.35. The van der Waals surface area contributed by atoms with Gasteiger partial charge in [0.15, 0.2) is 0 Å². The van der Waals surface area contributed by atoms with E-state index in [0.29, 0.717) is 0 Å². The third-order valence-electron chi connectivity index (χ3n) is 2.13. The third kappa shape index (κ3) is 0.998. The van der Waals surface area contributed by atoms with Crippen LogP contribution >= 0.6 is 0 Å². The van der Waals surface area contributed by atoms with Gasteiger partial charge in [0.1, 0.15) is 5.75 Å². The lowest BCUT2D eigenvalue weighted by molar-refractivity contribution is 0.285. The molecule has 0 radical (unpaired) electrons. The molecule has 2 heterocycles. The first-order valence-electron chi connectivity index (χ1n) is 4.07. The van der Waals surface area contributed by atoms with Crippen molar-refractivity contribution in [3.63, 3.8) is 0 Å². The maximum absolute atomic E-state index is 5.49. The lowest BCUT2D eigenvalue weighted by atomic mass is 10.1. The van der Waals surface area contributed by atoms with Gasteiger partial charge in [0.25, 0.3) is 0 Å². The van der Waals surface area contributed by atoms with Crippen LogP contribution in [0.25, 0.3) is 13.2 Å². The smallest absolute Gasteiger partial charge is 0.132 e. The van der Waals surface area contributed by atoms with Crippen LogP contribution in [0.4, 0.5) is 0 Å². The maximum Gasteiger partial charge on any atom is 0.132 e. The van der Waals surface area contributed by atoms with Crippen LogP contribution in [0.3, 0.4) is 0 Å². The van der Waals surface area contributed by atoms with E-state index in [1.165, 1.54) is 5.56 Å². The minimum Gasteiger partial charge on any atom is -0.493 e. The summed E-state index contributed by atoms with van der Waals surface area (Å²) in [6.45, 7) is 8.45. The zero-order valence-electron chi connectivity index (χ0n) is 6.97. The molecule has 0 N–H and O–H groups in total. The van der Waals surface area contributed by atoms with Crippen LogP contribution in [0.5, 0.6) is 5.75 Å². The van der Waals surface area contributed by atoms with Gasteiger partial charge in [-0.2, -0.15) is 0 Å². The van der Waals surface area contributed by atoms with E-state index in [1.54, 1.807) is 0 Å². The SMILES string of the molecule is C=c1ncc2c(c1=C)OCCC2. The van der Waals surface area contributed by atoms with E-state index in [4.69, 9.17) is 4.74 Å². The summed E-state index contributed by atoms with van der Waals surface area (Å²) >= 11 is 0. The van der Waals surface area contributed by atoms with Crippen LogP contribution in [0.15, 0.2) is 6.20 Å². The summed E-state index contributed by atoms with van der Waals surface area (Å²) in [7, 11) is 0. The maximum atomic E-state index is 5.49. The molecule has 12 heavy (non-hydrogen) atoms. The minimum absolute atomic E-state index is 0.718. The number of fused-ring (bicyclic) bond motifs is 1. The summed E-state index contributed by atoms with van der Waals surface area (Å²) in [6.07, 6.45) is 3.96. The summed E-state index contributed by atoms with van der Waals surface area (Å²) in [5.41, 5.74) is 1.17. The summed E-state index contributed by atoms with van der Waals surface area (Å²) in [6, 6.07) is 0. The van der Waals surface area contributed by atoms with Crippen LogP contribution < -0.4 is 15.3 Å². The monoisotopic (exact) mass is 161 g/mol. The fraction of sp³-hybridized carbons (Fsp3) is 0.300. The molecule has 2 nitrogen and oxygen atoms in total. The Morgan fingerprint density at radius 1 is 1.42 bits per heavy atom. The number of pyridine rings is 1. The lowest BCUT2D eigenvalue weighted by Gasteiger charge is -2.16. The fourth-order valence-electron chi connectivity index (χ4n) is 1.41. The van der Waals surface area contributed by atoms with Crippen molar-refractivity contribution < 1.29 is 4.74 Å². The van der Waals surface area contributed by atoms with E-state index in [0.717, 1.165) is 35.8 Å². The third-order valence-corrected chi connectivity index (χ3v) is 2.13. The average Bonchev–Trinajstić information content (AvgIpc) is 2.12. The molecule has 1 aliphatic heterocycles. The number of nitrogens with zero attached hydrogens (tertiary/aromatic N) is 1. The summed E-state index contributed by atoms with van der Waals surface area (Å²) < 4.78 is 5.49. The van der Waals surface area contributed by atoms with E-state index < -0.39 is 0 Å². The topological polar surface area (TPSA) is 22.1 Å². The van der Waals surface area contributed by atoms with Crippen molar-refractivity contribution in [2.75, 3.05) is 6.61 Å². The zero-order chi connectivity index (χ0) is 8.55. The van der Waals surface area contributed by atoms with Gasteiger partial charge in [-0.05, 0) is 12.8 Å². The quantitative estimate of drug-likeness (QED) is 0.543. The molecule has 0 saturated carbocycles. The first-order valence-corrected chi connectivity index (χ1v) is 4.07. The molecule has 0 fully saturated rings. The average molecular weight is 161 g/mol. The molecule has 2 heteroatoms. The molecule has 0 atom stereocenters. The van der Waals surface area contributed by atoms with Crippen LogP contribution in [-0.2, 0) is 6.42 Å². The summed E-state index contributed by atoms with van der Waals surface area (Å²) in [5.74, 6) is 0.904. The van der Waals surface area contributed by atoms with Crippen molar-refractivity contribution in [3.8, 4) is 5.75 Å². The van der Waals surface area contributed by atoms with Gasteiger partial charge in [0, 0.05) is 17.0 Å². The van der Waals surface area contributed by atoms with Gasteiger partial charge in [0.2, 0.25) is 0 Å². The molecule has 0 bridgehead atoms. The minimum atomic E-state index is 0.718. The number of rotatable bonds is 0. The molecule has 0 amide bonds. The zero-order valence-corrected chi connectivity index (χ0v) is 6.97. The molecule has 1 aromatic heterocycles. The van der Waals surface area contributed by atoms with Gasteiger partial charge in [-0.15, -0.1) is 0 Å². The molecule has 1 aliphatic rings. The second-order valence-electron chi connectivity index (χ2n) is 2.99. The second-order valence-corrected chi connectivity index (χ2v) is 2.99. The van der Waals surface area contributed by atoms with Crippen molar-refractivity contribution in [2.45, 2.75) is 12.8 Å². The van der Waals surface area contributed by atoms with Gasteiger partial charge in [-0.1, -0.05) is 13.2 Å². The molecular weight excluding hydrogens is 150 g/mol. The molecule has 62 valence electrons. The Hall–Kier alpha value is -1.31. The summed E-state index contributed by atoms with van der Waals surface area (Å²) in [4.78, 5) is 4.14. The van der Waals surface area contributed by atoms with Gasteiger partial charge in [0.05, 0.1) is 12.0 Å². The van der Waals surface area contributed by atoms with E-state index in [1.807, 2.05) is 6.20 Å². The van der Waals surface area contributed by atoms with Crippen LogP contribution in [0.2, 0.25) is 0 Å². The number of aromatic nitrogens is 1. The van der Waals surface area contributed by atoms with Crippen molar-refractivity contribution in [3.05, 3.63) is 22.3 Å². The standard InChI is InChI=1S/C10H11NO/c1-7-8(2)11-6-9-4-3-5-12-10(7)9/h6H,1-5H2. The first-order chi connectivity index (χ1) is 5.79. The molecule has 0 aromatic carbocycles. The highest BCUT2D eigenvalue weighted by molar-refractivity contribution is 5.36. The van der Waals surface area contributed by atoms with Crippen LogP contribution in [-0.4, -0.2) is 11.6 Å².